The number of aromatic nitrogens is 1. The molecule has 1 heterocycles. The van der Waals surface area contributed by atoms with Crippen LogP contribution in [0.25, 0.3) is 21.7 Å². The highest BCUT2D eigenvalue weighted by atomic mass is 32.2. The highest BCUT2D eigenvalue weighted by Gasteiger charge is 2.18. The first-order valence-electron chi connectivity index (χ1n) is 6.46. The Morgan fingerprint density at radius 1 is 1.05 bits per heavy atom. The Morgan fingerprint density at radius 2 is 1.73 bits per heavy atom. The molecule has 0 N–H and O–H groups in total. The predicted octanol–water partition coefficient (Wildman–Crippen LogP) is 4.02. The van der Waals surface area contributed by atoms with Crippen LogP contribution >= 0.6 is 11.3 Å². The fourth-order valence-corrected chi connectivity index (χ4v) is 4.04. The largest absolute Gasteiger partial charge is 0.244 e. The summed E-state index contributed by atoms with van der Waals surface area (Å²) in [4.78, 5) is 5.34. The molecule has 112 valence electrons. The smallest absolute Gasteiger partial charge is 0.176 e. The van der Waals surface area contributed by atoms with E-state index in [4.69, 9.17) is 0 Å². The lowest BCUT2D eigenvalue weighted by Gasteiger charge is -2.08. The third kappa shape index (κ3) is 2.80. The van der Waals surface area contributed by atoms with E-state index in [0.29, 0.717) is 11.3 Å². The maximum atomic E-state index is 13.1. The Bertz CT molecular complexity index is 915. The number of hydrogen-bond donors (Lipinski definition) is 0. The average Bonchev–Trinajstić information content (AvgIpc) is 2.96. The van der Waals surface area contributed by atoms with Crippen molar-refractivity contribution in [3.63, 3.8) is 0 Å². The van der Waals surface area contributed by atoms with E-state index in [0.717, 1.165) is 10.4 Å². The molecule has 3 rings (SSSR count). The summed E-state index contributed by atoms with van der Waals surface area (Å²) in [6.07, 6.45) is 1.18. The third-order valence-electron chi connectivity index (χ3n) is 3.22. The van der Waals surface area contributed by atoms with Crippen LogP contribution in [0.2, 0.25) is 0 Å². The SMILES string of the molecule is CS(=O)(=O)c1ccccc1-c1scnc1-c1ccc(F)cc1. The van der Waals surface area contributed by atoms with Gasteiger partial charge in [0.15, 0.2) is 9.84 Å². The second-order valence-corrected chi connectivity index (χ2v) is 7.64. The zero-order valence-corrected chi connectivity index (χ0v) is 13.3. The zero-order chi connectivity index (χ0) is 15.7. The molecule has 0 spiro atoms. The van der Waals surface area contributed by atoms with Crippen LogP contribution in [0, 0.1) is 5.82 Å². The number of halogens is 1. The zero-order valence-electron chi connectivity index (χ0n) is 11.7. The minimum atomic E-state index is -3.35. The van der Waals surface area contributed by atoms with Crippen molar-refractivity contribution >= 4 is 21.2 Å². The molecular formula is C16H12FNO2S2. The van der Waals surface area contributed by atoms with E-state index in [1.54, 1.807) is 41.9 Å². The topological polar surface area (TPSA) is 47.0 Å². The van der Waals surface area contributed by atoms with E-state index >= 15 is 0 Å². The summed E-state index contributed by atoms with van der Waals surface area (Å²) < 4.78 is 37.0. The molecule has 2 aromatic carbocycles. The fraction of sp³-hybridized carbons (Fsp3) is 0.0625. The molecule has 0 radical (unpaired) electrons. The number of sulfone groups is 1. The minimum absolute atomic E-state index is 0.266. The number of rotatable bonds is 3. The van der Waals surface area contributed by atoms with Crippen LogP contribution in [0.1, 0.15) is 0 Å². The first-order valence-corrected chi connectivity index (χ1v) is 9.23. The minimum Gasteiger partial charge on any atom is -0.244 e. The molecule has 0 aliphatic rings. The molecule has 0 aliphatic heterocycles. The maximum Gasteiger partial charge on any atom is 0.176 e. The Morgan fingerprint density at radius 3 is 2.41 bits per heavy atom. The van der Waals surface area contributed by atoms with Gasteiger partial charge >= 0.3 is 0 Å². The van der Waals surface area contributed by atoms with E-state index in [9.17, 15) is 12.8 Å². The predicted molar refractivity (Wildman–Crippen MR) is 86.1 cm³/mol. The first kappa shape index (κ1) is 14.9. The van der Waals surface area contributed by atoms with Crippen LogP contribution in [0.15, 0.2) is 58.9 Å². The molecule has 0 amide bonds. The molecule has 0 saturated heterocycles. The highest BCUT2D eigenvalue weighted by molar-refractivity contribution is 7.90. The van der Waals surface area contributed by atoms with Gasteiger partial charge in [0, 0.05) is 17.4 Å². The van der Waals surface area contributed by atoms with E-state index in [2.05, 4.69) is 4.98 Å². The van der Waals surface area contributed by atoms with Gasteiger partial charge in [-0.15, -0.1) is 11.3 Å². The van der Waals surface area contributed by atoms with Crippen LogP contribution in [-0.2, 0) is 9.84 Å². The molecule has 3 aromatic rings. The van der Waals surface area contributed by atoms with E-state index in [-0.39, 0.29) is 10.7 Å². The van der Waals surface area contributed by atoms with Crippen LogP contribution in [0.5, 0.6) is 0 Å². The number of nitrogens with zero attached hydrogens (tertiary/aromatic N) is 1. The van der Waals surface area contributed by atoms with Gasteiger partial charge in [-0.05, 0) is 30.3 Å². The van der Waals surface area contributed by atoms with Gasteiger partial charge in [-0.3, -0.25) is 0 Å². The normalized spacial score (nSPS) is 11.5. The number of thiazole rings is 1. The summed E-state index contributed by atoms with van der Waals surface area (Å²) in [5, 5.41) is 0. The summed E-state index contributed by atoms with van der Waals surface area (Å²) in [6.45, 7) is 0. The number of hydrogen-bond acceptors (Lipinski definition) is 4. The van der Waals surface area contributed by atoms with Crippen LogP contribution in [0.4, 0.5) is 4.39 Å². The van der Waals surface area contributed by atoms with Gasteiger partial charge in [0.2, 0.25) is 0 Å². The lowest BCUT2D eigenvalue weighted by molar-refractivity contribution is 0.602. The molecule has 6 heteroatoms. The van der Waals surface area contributed by atoms with Gasteiger partial charge in [0.05, 0.1) is 21.0 Å². The van der Waals surface area contributed by atoms with Crippen molar-refractivity contribution in [2.75, 3.05) is 6.26 Å². The molecule has 0 fully saturated rings. The molecule has 0 bridgehead atoms. The van der Waals surface area contributed by atoms with Crippen molar-refractivity contribution in [2.45, 2.75) is 4.90 Å². The molecule has 1 aromatic heterocycles. The molecule has 0 atom stereocenters. The Kier molecular flexibility index (Phi) is 3.80. The standard InChI is InChI=1S/C16H12FNO2S2/c1-22(19,20)14-5-3-2-4-13(14)16-15(18-10-21-16)11-6-8-12(17)9-7-11/h2-10H,1H3. The van der Waals surface area contributed by atoms with Crippen molar-refractivity contribution in [2.24, 2.45) is 0 Å². The summed E-state index contributed by atoms with van der Waals surface area (Å²) in [5.41, 5.74) is 3.68. The van der Waals surface area contributed by atoms with Crippen molar-refractivity contribution in [3.8, 4) is 21.7 Å². The Hall–Kier alpha value is -2.05. The summed E-state index contributed by atoms with van der Waals surface area (Å²) in [5.74, 6) is -0.322. The van der Waals surface area contributed by atoms with Gasteiger partial charge < -0.3 is 0 Å². The third-order valence-corrected chi connectivity index (χ3v) is 5.23. The summed E-state index contributed by atoms with van der Waals surface area (Å²) in [7, 11) is -3.35. The molecular weight excluding hydrogens is 321 g/mol. The Labute approximate surface area is 132 Å². The van der Waals surface area contributed by atoms with Crippen LogP contribution in [-0.4, -0.2) is 19.7 Å². The molecule has 0 unspecified atom stereocenters. The fourth-order valence-electron chi connectivity index (χ4n) is 2.23. The lowest BCUT2D eigenvalue weighted by atomic mass is 10.1. The van der Waals surface area contributed by atoms with Gasteiger partial charge in [-0.1, -0.05) is 18.2 Å². The van der Waals surface area contributed by atoms with Crippen molar-refractivity contribution in [1.82, 2.24) is 4.98 Å². The van der Waals surface area contributed by atoms with E-state index in [1.807, 2.05) is 0 Å². The van der Waals surface area contributed by atoms with Crippen LogP contribution < -0.4 is 0 Å². The summed E-state index contributed by atoms with van der Waals surface area (Å²) >= 11 is 1.36. The molecule has 0 saturated carbocycles. The molecule has 22 heavy (non-hydrogen) atoms. The van der Waals surface area contributed by atoms with E-state index in [1.165, 1.54) is 29.7 Å². The average molecular weight is 333 g/mol. The first-order chi connectivity index (χ1) is 10.5. The quantitative estimate of drug-likeness (QED) is 0.727. The van der Waals surface area contributed by atoms with Crippen molar-refractivity contribution in [3.05, 3.63) is 59.9 Å². The molecule has 0 aliphatic carbocycles. The monoisotopic (exact) mass is 333 g/mol. The van der Waals surface area contributed by atoms with Crippen molar-refractivity contribution < 1.29 is 12.8 Å². The molecule has 3 nitrogen and oxygen atoms in total. The summed E-state index contributed by atoms with van der Waals surface area (Å²) in [6, 6.07) is 12.8. The van der Waals surface area contributed by atoms with Gasteiger partial charge in [0.1, 0.15) is 5.82 Å². The van der Waals surface area contributed by atoms with Crippen LogP contribution in [0.3, 0.4) is 0 Å². The maximum absolute atomic E-state index is 13.1. The number of benzene rings is 2. The highest BCUT2D eigenvalue weighted by Crippen LogP contribution is 2.37. The van der Waals surface area contributed by atoms with Gasteiger partial charge in [0.25, 0.3) is 0 Å². The van der Waals surface area contributed by atoms with Crippen molar-refractivity contribution in [1.29, 1.82) is 0 Å². The van der Waals surface area contributed by atoms with Gasteiger partial charge in [-0.2, -0.15) is 0 Å². The second-order valence-electron chi connectivity index (χ2n) is 4.81. The Balaban J connectivity index is 2.20. The van der Waals surface area contributed by atoms with E-state index < -0.39 is 9.84 Å². The second kappa shape index (κ2) is 5.62. The van der Waals surface area contributed by atoms with Gasteiger partial charge in [-0.25, -0.2) is 17.8 Å². The lowest BCUT2D eigenvalue weighted by Crippen LogP contribution is -1.99.